The van der Waals surface area contributed by atoms with Crippen LogP contribution < -0.4 is 0 Å². The van der Waals surface area contributed by atoms with Gasteiger partial charge in [-0.2, -0.15) is 11.8 Å². The van der Waals surface area contributed by atoms with Crippen LogP contribution in [0.5, 0.6) is 0 Å². The van der Waals surface area contributed by atoms with E-state index in [4.69, 9.17) is 0 Å². The Morgan fingerprint density at radius 3 is 2.73 bits per heavy atom. The minimum absolute atomic E-state index is 0.219. The zero-order valence-corrected chi connectivity index (χ0v) is 14.2. The average Bonchev–Trinajstić information content (AvgIpc) is 2.81. The Labute approximate surface area is 138 Å². The highest BCUT2D eigenvalue weighted by atomic mass is 32.2. The van der Waals surface area contributed by atoms with E-state index in [0.29, 0.717) is 11.2 Å². The molecule has 1 amide bonds. The highest BCUT2D eigenvalue weighted by molar-refractivity contribution is 7.99. The second-order valence-electron chi connectivity index (χ2n) is 6.49. The van der Waals surface area contributed by atoms with Gasteiger partial charge in [-0.3, -0.25) is 4.79 Å². The molecule has 2 heterocycles. The number of piperidine rings is 1. The van der Waals surface area contributed by atoms with Gasteiger partial charge in [-0.1, -0.05) is 30.3 Å². The molecule has 0 aromatic heterocycles. The molecular formula is C18H26N2OS. The highest BCUT2D eigenvalue weighted by Crippen LogP contribution is 2.34. The van der Waals surface area contributed by atoms with Crippen LogP contribution in [-0.2, 0) is 4.79 Å². The first-order chi connectivity index (χ1) is 10.7. The average molecular weight is 318 g/mol. The summed E-state index contributed by atoms with van der Waals surface area (Å²) >= 11 is 2.00. The van der Waals surface area contributed by atoms with Gasteiger partial charge in [0, 0.05) is 30.6 Å². The molecule has 2 saturated heterocycles. The Kier molecular flexibility index (Phi) is 5.42. The summed E-state index contributed by atoms with van der Waals surface area (Å²) in [5.74, 6) is 1.66. The number of amides is 1. The number of thioether (sulfide) groups is 1. The van der Waals surface area contributed by atoms with Crippen LogP contribution in [-0.4, -0.2) is 54.7 Å². The van der Waals surface area contributed by atoms with Crippen molar-refractivity contribution in [1.82, 2.24) is 9.80 Å². The fraction of sp³-hybridized carbons (Fsp3) is 0.611. The maximum atomic E-state index is 12.8. The third-order valence-electron chi connectivity index (χ3n) is 4.80. The summed E-state index contributed by atoms with van der Waals surface area (Å²) in [6, 6.07) is 10.7. The Hall–Kier alpha value is -1.00. The van der Waals surface area contributed by atoms with Gasteiger partial charge in [0.2, 0.25) is 5.91 Å². The van der Waals surface area contributed by atoms with Gasteiger partial charge in [-0.25, -0.2) is 0 Å². The van der Waals surface area contributed by atoms with E-state index in [9.17, 15) is 4.79 Å². The number of benzene rings is 1. The molecule has 2 atom stereocenters. The second-order valence-corrected chi connectivity index (χ2v) is 7.80. The fourth-order valence-electron chi connectivity index (χ4n) is 3.55. The first-order valence-electron chi connectivity index (χ1n) is 8.38. The molecule has 1 aromatic rings. The van der Waals surface area contributed by atoms with Gasteiger partial charge in [-0.05, 0) is 38.4 Å². The zero-order valence-electron chi connectivity index (χ0n) is 13.4. The summed E-state index contributed by atoms with van der Waals surface area (Å²) in [6.45, 7) is 3.89. The normalized spacial score (nSPS) is 27.4. The summed E-state index contributed by atoms with van der Waals surface area (Å²) in [4.78, 5) is 17.2. The number of rotatable bonds is 2. The molecule has 2 unspecified atom stereocenters. The molecule has 2 fully saturated rings. The number of nitrogens with zero attached hydrogens (tertiary/aromatic N) is 2. The molecule has 1 aromatic carbocycles. The van der Waals surface area contributed by atoms with Gasteiger partial charge in [0.05, 0.1) is 5.92 Å². The van der Waals surface area contributed by atoms with Crippen molar-refractivity contribution < 1.29 is 4.79 Å². The first-order valence-corrected chi connectivity index (χ1v) is 9.43. The van der Waals surface area contributed by atoms with Crippen molar-refractivity contribution in [2.24, 2.45) is 5.92 Å². The highest BCUT2D eigenvalue weighted by Gasteiger charge is 2.29. The van der Waals surface area contributed by atoms with Crippen molar-refractivity contribution in [2.45, 2.75) is 24.5 Å². The number of hydrogen-bond acceptors (Lipinski definition) is 3. The number of carbonyl (C=O) groups excluding carboxylic acids is 1. The third kappa shape index (κ3) is 3.85. The van der Waals surface area contributed by atoms with Crippen LogP contribution in [0.2, 0.25) is 0 Å². The molecule has 3 rings (SSSR count). The van der Waals surface area contributed by atoms with Crippen LogP contribution in [0.25, 0.3) is 0 Å². The van der Waals surface area contributed by atoms with Crippen LogP contribution >= 0.6 is 11.8 Å². The molecular weight excluding hydrogens is 292 g/mol. The molecule has 3 nitrogen and oxygen atoms in total. The monoisotopic (exact) mass is 318 g/mol. The van der Waals surface area contributed by atoms with Crippen molar-refractivity contribution >= 4 is 17.7 Å². The molecule has 4 heteroatoms. The molecule has 0 aliphatic carbocycles. The maximum absolute atomic E-state index is 12.8. The minimum Gasteiger partial charge on any atom is -0.342 e. The molecule has 0 spiro atoms. The van der Waals surface area contributed by atoms with Crippen molar-refractivity contribution in [3.05, 3.63) is 35.9 Å². The number of hydrogen-bond donors (Lipinski definition) is 0. The largest absolute Gasteiger partial charge is 0.342 e. The number of likely N-dealkylation sites (tertiary alicyclic amines) is 1. The summed E-state index contributed by atoms with van der Waals surface area (Å²) in [5, 5.41) is 0.535. The van der Waals surface area contributed by atoms with Crippen molar-refractivity contribution in [2.75, 3.05) is 39.0 Å². The Bertz CT molecular complexity index is 493. The lowest BCUT2D eigenvalue weighted by atomic mass is 9.96. The van der Waals surface area contributed by atoms with E-state index in [1.807, 2.05) is 11.8 Å². The predicted molar refractivity (Wildman–Crippen MR) is 93.1 cm³/mol. The van der Waals surface area contributed by atoms with Crippen LogP contribution in [0.4, 0.5) is 0 Å². The summed E-state index contributed by atoms with van der Waals surface area (Å²) in [5.41, 5.74) is 1.40. The maximum Gasteiger partial charge on any atom is 0.227 e. The van der Waals surface area contributed by atoms with Gasteiger partial charge in [0.25, 0.3) is 0 Å². The minimum atomic E-state index is 0.219. The van der Waals surface area contributed by atoms with Crippen LogP contribution in [0.1, 0.15) is 30.1 Å². The summed E-state index contributed by atoms with van der Waals surface area (Å²) in [6.07, 6.45) is 3.29. The standard InChI is InChI=1S/C18H26N2OS/c1-19-10-5-8-16(14-19)18(21)20-11-9-17(22-13-12-20)15-6-3-2-4-7-15/h2-4,6-7,16-17H,5,8-14H2,1H3. The fourth-order valence-corrected chi connectivity index (χ4v) is 4.78. The van der Waals surface area contributed by atoms with Crippen LogP contribution in [0.15, 0.2) is 30.3 Å². The van der Waals surface area contributed by atoms with E-state index in [0.717, 1.165) is 51.2 Å². The quantitative estimate of drug-likeness (QED) is 0.837. The van der Waals surface area contributed by atoms with E-state index in [1.165, 1.54) is 5.56 Å². The van der Waals surface area contributed by atoms with Gasteiger partial charge in [0.1, 0.15) is 0 Å². The van der Waals surface area contributed by atoms with E-state index < -0.39 is 0 Å². The molecule has 0 saturated carbocycles. The zero-order chi connectivity index (χ0) is 15.4. The van der Waals surface area contributed by atoms with Gasteiger partial charge < -0.3 is 9.80 Å². The van der Waals surface area contributed by atoms with Crippen LogP contribution in [0, 0.1) is 5.92 Å². The predicted octanol–water partition coefficient (Wildman–Crippen LogP) is 3.04. The Balaban J connectivity index is 1.59. The molecule has 22 heavy (non-hydrogen) atoms. The first kappa shape index (κ1) is 15.9. The smallest absolute Gasteiger partial charge is 0.227 e. The Morgan fingerprint density at radius 1 is 1.14 bits per heavy atom. The Morgan fingerprint density at radius 2 is 1.95 bits per heavy atom. The van der Waals surface area contributed by atoms with Gasteiger partial charge in [0.15, 0.2) is 0 Å². The topological polar surface area (TPSA) is 23.6 Å². The summed E-state index contributed by atoms with van der Waals surface area (Å²) < 4.78 is 0. The van der Waals surface area contributed by atoms with E-state index >= 15 is 0 Å². The summed E-state index contributed by atoms with van der Waals surface area (Å²) in [7, 11) is 2.13. The molecule has 2 aliphatic rings. The second kappa shape index (κ2) is 7.51. The lowest BCUT2D eigenvalue weighted by Crippen LogP contribution is -2.44. The van der Waals surface area contributed by atoms with Crippen molar-refractivity contribution in [3.63, 3.8) is 0 Å². The molecule has 2 aliphatic heterocycles. The SMILES string of the molecule is CN1CCCC(C(=O)N2CCSC(c3ccccc3)CC2)C1. The van der Waals surface area contributed by atoms with E-state index in [-0.39, 0.29) is 5.92 Å². The van der Waals surface area contributed by atoms with Crippen LogP contribution in [0.3, 0.4) is 0 Å². The molecule has 0 N–H and O–H groups in total. The van der Waals surface area contributed by atoms with Crippen molar-refractivity contribution in [1.29, 1.82) is 0 Å². The van der Waals surface area contributed by atoms with Gasteiger partial charge in [-0.15, -0.1) is 0 Å². The number of carbonyl (C=O) groups is 1. The molecule has 0 radical (unpaired) electrons. The molecule has 120 valence electrons. The lowest BCUT2D eigenvalue weighted by Gasteiger charge is -2.32. The third-order valence-corrected chi connectivity index (χ3v) is 6.13. The molecule has 0 bridgehead atoms. The lowest BCUT2D eigenvalue weighted by molar-refractivity contribution is -0.136. The van der Waals surface area contributed by atoms with E-state index in [2.05, 4.69) is 47.2 Å². The van der Waals surface area contributed by atoms with Crippen molar-refractivity contribution in [3.8, 4) is 0 Å². The van der Waals surface area contributed by atoms with Gasteiger partial charge >= 0.3 is 0 Å². The van der Waals surface area contributed by atoms with E-state index in [1.54, 1.807) is 0 Å².